The molecule has 2 N–H and O–H groups in total. The van der Waals surface area contributed by atoms with Gasteiger partial charge in [0.15, 0.2) is 21.0 Å². The summed E-state index contributed by atoms with van der Waals surface area (Å²) in [5, 5.41) is 22.2. The summed E-state index contributed by atoms with van der Waals surface area (Å²) < 4.78 is 15.4. The van der Waals surface area contributed by atoms with Crippen LogP contribution in [0.1, 0.15) is 22.6 Å². The molecule has 0 unspecified atom stereocenters. The SMILES string of the molecule is O=c1c(C(c2ccc(F)c(Br)c2)c2c(O)sc3ccccc3c2=O)c(O)sc2ccccc12. The summed E-state index contributed by atoms with van der Waals surface area (Å²) >= 11 is 5.19. The highest BCUT2D eigenvalue weighted by atomic mass is 79.9. The summed E-state index contributed by atoms with van der Waals surface area (Å²) in [6, 6.07) is 17.8. The van der Waals surface area contributed by atoms with Gasteiger partial charge in [-0.2, -0.15) is 0 Å². The number of aromatic hydroxyl groups is 2. The Morgan fingerprint density at radius 2 is 1.24 bits per heavy atom. The van der Waals surface area contributed by atoms with Gasteiger partial charge < -0.3 is 10.2 Å². The minimum atomic E-state index is -1.11. The highest BCUT2D eigenvalue weighted by molar-refractivity contribution is 9.10. The van der Waals surface area contributed by atoms with E-state index < -0.39 is 22.6 Å². The number of hydrogen-bond acceptors (Lipinski definition) is 6. The Morgan fingerprint density at radius 1 is 0.758 bits per heavy atom. The second-order valence-electron chi connectivity index (χ2n) is 7.40. The summed E-state index contributed by atoms with van der Waals surface area (Å²) in [4.78, 5) is 27.1. The van der Waals surface area contributed by atoms with Crippen LogP contribution < -0.4 is 10.9 Å². The van der Waals surface area contributed by atoms with E-state index in [1.807, 2.05) is 0 Å². The van der Waals surface area contributed by atoms with Gasteiger partial charge in [-0.25, -0.2) is 4.39 Å². The van der Waals surface area contributed by atoms with Crippen molar-refractivity contribution in [3.8, 4) is 10.1 Å². The lowest BCUT2D eigenvalue weighted by Crippen LogP contribution is -2.21. The number of rotatable bonds is 3. The Kier molecular flexibility index (Phi) is 5.52. The third kappa shape index (κ3) is 3.64. The molecule has 8 heteroatoms. The van der Waals surface area contributed by atoms with Crippen molar-refractivity contribution in [3.63, 3.8) is 0 Å². The number of benzene rings is 3. The molecule has 0 amide bonds. The van der Waals surface area contributed by atoms with Crippen LogP contribution in [0.4, 0.5) is 4.39 Å². The van der Waals surface area contributed by atoms with E-state index in [0.29, 0.717) is 25.7 Å². The van der Waals surface area contributed by atoms with Crippen LogP contribution in [0, 0.1) is 5.82 Å². The highest BCUT2D eigenvalue weighted by Gasteiger charge is 2.31. The van der Waals surface area contributed by atoms with Crippen LogP contribution in [-0.4, -0.2) is 10.2 Å². The predicted molar refractivity (Wildman–Crippen MR) is 135 cm³/mol. The lowest BCUT2D eigenvalue weighted by atomic mass is 9.85. The van der Waals surface area contributed by atoms with Gasteiger partial charge in [0.1, 0.15) is 5.82 Å². The van der Waals surface area contributed by atoms with Gasteiger partial charge in [0.25, 0.3) is 0 Å². The molecule has 0 aliphatic rings. The highest BCUT2D eigenvalue weighted by Crippen LogP contribution is 2.43. The van der Waals surface area contributed by atoms with Gasteiger partial charge in [-0.1, -0.05) is 53.0 Å². The molecule has 2 heterocycles. The summed E-state index contributed by atoms with van der Waals surface area (Å²) in [5.74, 6) is -1.62. The van der Waals surface area contributed by atoms with Crippen LogP contribution in [0.25, 0.3) is 20.2 Å². The molecular weight excluding hydrogens is 527 g/mol. The molecule has 0 saturated carbocycles. The molecule has 5 rings (SSSR count). The summed E-state index contributed by atoms with van der Waals surface area (Å²) in [6.45, 7) is 0. The lowest BCUT2D eigenvalue weighted by molar-refractivity contribution is 0.473. The van der Waals surface area contributed by atoms with Crippen molar-refractivity contribution in [1.82, 2.24) is 0 Å². The zero-order valence-electron chi connectivity index (χ0n) is 16.7. The molecule has 0 aliphatic carbocycles. The van der Waals surface area contributed by atoms with E-state index in [0.717, 1.165) is 22.7 Å². The zero-order chi connectivity index (χ0) is 23.3. The fraction of sp³-hybridized carbons (Fsp3) is 0.0400. The van der Waals surface area contributed by atoms with E-state index in [1.165, 1.54) is 18.2 Å². The number of hydrogen-bond donors (Lipinski definition) is 2. The number of halogens is 2. The molecule has 0 radical (unpaired) electrons. The molecule has 0 spiro atoms. The van der Waals surface area contributed by atoms with E-state index in [4.69, 9.17) is 0 Å². The third-order valence-electron chi connectivity index (χ3n) is 5.48. The van der Waals surface area contributed by atoms with E-state index in [2.05, 4.69) is 15.9 Å². The molecule has 2 aromatic heterocycles. The fourth-order valence-corrected chi connectivity index (χ4v) is 6.26. The van der Waals surface area contributed by atoms with Crippen LogP contribution in [0.15, 0.2) is 80.8 Å². The van der Waals surface area contributed by atoms with Crippen LogP contribution >= 0.6 is 38.6 Å². The Labute approximate surface area is 203 Å². The van der Waals surface area contributed by atoms with Gasteiger partial charge in [-0.05, 0) is 57.9 Å². The van der Waals surface area contributed by atoms with Gasteiger partial charge in [0.05, 0.1) is 21.5 Å². The van der Waals surface area contributed by atoms with E-state index >= 15 is 0 Å². The molecule has 164 valence electrons. The van der Waals surface area contributed by atoms with Crippen LogP contribution in [0.3, 0.4) is 0 Å². The molecule has 0 atom stereocenters. The quantitative estimate of drug-likeness (QED) is 0.280. The van der Waals surface area contributed by atoms with Crippen molar-refractivity contribution in [2.45, 2.75) is 5.92 Å². The van der Waals surface area contributed by atoms with Crippen molar-refractivity contribution < 1.29 is 14.6 Å². The second-order valence-corrected chi connectivity index (χ2v) is 10.3. The normalized spacial score (nSPS) is 11.5. The zero-order valence-corrected chi connectivity index (χ0v) is 19.9. The molecule has 0 bridgehead atoms. The molecule has 33 heavy (non-hydrogen) atoms. The molecular formula is C25H14BrFO4S2. The first-order valence-electron chi connectivity index (χ1n) is 9.81. The first-order chi connectivity index (χ1) is 15.9. The average molecular weight is 541 g/mol. The Hall–Kier alpha value is -3.07. The molecule has 0 saturated heterocycles. The van der Waals surface area contributed by atoms with E-state index in [-0.39, 0.29) is 25.7 Å². The Bertz CT molecular complexity index is 1580. The number of fused-ring (bicyclic) bond motifs is 2. The van der Waals surface area contributed by atoms with Crippen LogP contribution in [0.5, 0.6) is 10.1 Å². The Balaban J connectivity index is 1.92. The predicted octanol–water partition coefficient (Wildman–Crippen LogP) is 6.33. The minimum absolute atomic E-state index is 0.0351. The third-order valence-corrected chi connectivity index (χ3v) is 8.07. The summed E-state index contributed by atoms with van der Waals surface area (Å²) in [5.41, 5.74) is -0.597. The van der Waals surface area contributed by atoms with E-state index in [9.17, 15) is 24.2 Å². The molecule has 3 aromatic carbocycles. The Morgan fingerprint density at radius 3 is 1.73 bits per heavy atom. The standard InChI is InChI=1S/C25H14BrFO4S2/c26-15-11-12(9-10-16(15)27)19(20-22(28)13-5-1-3-7-17(13)32-24(20)30)21-23(29)14-6-2-4-8-18(14)33-25(21)31/h1-11,19,30-31H. The average Bonchev–Trinajstić information content (AvgIpc) is 2.80. The molecule has 0 fully saturated rings. The second kappa shape index (κ2) is 8.37. The maximum Gasteiger partial charge on any atom is 0.195 e. The van der Waals surface area contributed by atoms with Crippen molar-refractivity contribution in [2.75, 3.05) is 0 Å². The molecule has 5 aromatic rings. The van der Waals surface area contributed by atoms with Gasteiger partial charge >= 0.3 is 0 Å². The van der Waals surface area contributed by atoms with Crippen molar-refractivity contribution in [3.05, 3.63) is 114 Å². The van der Waals surface area contributed by atoms with Gasteiger partial charge in [-0.3, -0.25) is 9.59 Å². The lowest BCUT2D eigenvalue weighted by Gasteiger charge is -2.20. The maximum atomic E-state index is 14.0. The van der Waals surface area contributed by atoms with Crippen molar-refractivity contribution >= 4 is 58.8 Å². The summed E-state index contributed by atoms with van der Waals surface area (Å²) in [6.07, 6.45) is 0. The molecule has 4 nitrogen and oxygen atoms in total. The topological polar surface area (TPSA) is 74.6 Å². The minimum Gasteiger partial charge on any atom is -0.499 e. The van der Waals surface area contributed by atoms with Crippen LogP contribution in [-0.2, 0) is 0 Å². The van der Waals surface area contributed by atoms with Crippen LogP contribution in [0.2, 0.25) is 0 Å². The van der Waals surface area contributed by atoms with Crippen molar-refractivity contribution in [2.24, 2.45) is 0 Å². The fourth-order valence-electron chi connectivity index (χ4n) is 3.97. The monoisotopic (exact) mass is 540 g/mol. The first-order valence-corrected chi connectivity index (χ1v) is 12.2. The van der Waals surface area contributed by atoms with Crippen molar-refractivity contribution in [1.29, 1.82) is 0 Å². The van der Waals surface area contributed by atoms with Gasteiger partial charge in [-0.15, -0.1) is 0 Å². The van der Waals surface area contributed by atoms with Gasteiger partial charge in [0, 0.05) is 20.2 Å². The largest absolute Gasteiger partial charge is 0.499 e. The van der Waals surface area contributed by atoms with E-state index in [1.54, 1.807) is 48.5 Å². The smallest absolute Gasteiger partial charge is 0.195 e. The maximum absolute atomic E-state index is 14.0. The van der Waals surface area contributed by atoms with Gasteiger partial charge in [0.2, 0.25) is 0 Å². The first kappa shape index (κ1) is 21.8. The summed E-state index contributed by atoms with van der Waals surface area (Å²) in [7, 11) is 0. The molecule has 0 aliphatic heterocycles.